The van der Waals surface area contributed by atoms with Gasteiger partial charge in [0.1, 0.15) is 0 Å². The van der Waals surface area contributed by atoms with Crippen LogP contribution in [0.3, 0.4) is 0 Å². The van der Waals surface area contributed by atoms with E-state index in [4.69, 9.17) is 10.2 Å². The first-order chi connectivity index (χ1) is 5.29. The van der Waals surface area contributed by atoms with E-state index in [-0.39, 0.29) is 0 Å². The predicted molar refractivity (Wildman–Crippen MR) is 44.5 cm³/mol. The third kappa shape index (κ3) is 3.30. The van der Waals surface area contributed by atoms with Crippen LogP contribution in [0.5, 0.6) is 0 Å². The summed E-state index contributed by atoms with van der Waals surface area (Å²) in [4.78, 5) is 0. The lowest BCUT2D eigenvalue weighted by Crippen LogP contribution is -2.04. The van der Waals surface area contributed by atoms with Gasteiger partial charge in [-0.05, 0) is 18.4 Å². The van der Waals surface area contributed by atoms with Gasteiger partial charge in [0.25, 0.3) is 5.95 Å². The monoisotopic (exact) mass is 156 g/mol. The van der Waals surface area contributed by atoms with Crippen molar-refractivity contribution >= 4 is 0 Å². The molecule has 0 atom stereocenters. The molecule has 1 saturated carbocycles. The number of aliphatic hydroxyl groups excluding tert-OH is 1. The van der Waals surface area contributed by atoms with Crippen molar-refractivity contribution in [2.75, 3.05) is 0 Å². The Bertz CT molecular complexity index is 130. The number of hydrogen-bond acceptors (Lipinski definition) is 2. The van der Waals surface area contributed by atoms with Crippen molar-refractivity contribution in [1.82, 2.24) is 0 Å². The molecule has 0 aromatic carbocycles. The fourth-order valence-corrected chi connectivity index (χ4v) is 1.69. The molecule has 0 unspecified atom stereocenters. The second-order valence-corrected chi connectivity index (χ2v) is 3.30. The van der Waals surface area contributed by atoms with Crippen LogP contribution >= 0.6 is 0 Å². The van der Waals surface area contributed by atoms with Crippen LogP contribution in [0, 0.1) is 5.92 Å². The number of hydrogen-bond donors (Lipinski definition) is 2. The third-order valence-corrected chi connectivity index (χ3v) is 2.36. The van der Waals surface area contributed by atoms with E-state index in [1.165, 1.54) is 38.2 Å². The first kappa shape index (κ1) is 8.44. The first-order valence-electron chi connectivity index (χ1n) is 4.37. The molecule has 0 amide bonds. The molecule has 64 valence electrons. The van der Waals surface area contributed by atoms with Gasteiger partial charge in [0, 0.05) is 0 Å². The van der Waals surface area contributed by atoms with Crippen LogP contribution in [0.4, 0.5) is 0 Å². The zero-order valence-electron chi connectivity index (χ0n) is 6.79. The van der Waals surface area contributed by atoms with Crippen LogP contribution in [-0.2, 0) is 0 Å². The molecule has 1 fully saturated rings. The van der Waals surface area contributed by atoms with Gasteiger partial charge in [0.05, 0.1) is 0 Å². The number of rotatable bonds is 2. The van der Waals surface area contributed by atoms with E-state index < -0.39 is 5.95 Å². The molecule has 0 spiro atoms. The Morgan fingerprint density at radius 1 is 1.18 bits per heavy atom. The minimum atomic E-state index is -0.518. The minimum absolute atomic E-state index is 0.518. The summed E-state index contributed by atoms with van der Waals surface area (Å²) in [5, 5.41) is 17.0. The van der Waals surface area contributed by atoms with Gasteiger partial charge in [0.2, 0.25) is 0 Å². The number of allylic oxidation sites excluding steroid dienone is 1. The molecule has 0 radical (unpaired) electrons. The van der Waals surface area contributed by atoms with Gasteiger partial charge in [0.15, 0.2) is 0 Å². The third-order valence-electron chi connectivity index (χ3n) is 2.36. The molecule has 0 aromatic rings. The van der Waals surface area contributed by atoms with Crippen LogP contribution in [0.2, 0.25) is 0 Å². The Morgan fingerprint density at radius 3 is 2.36 bits per heavy atom. The van der Waals surface area contributed by atoms with Crippen LogP contribution in [-0.4, -0.2) is 10.2 Å². The SMILES string of the molecule is OC(O)=CCC1CCCCC1. The molecule has 2 N–H and O–H groups in total. The summed E-state index contributed by atoms with van der Waals surface area (Å²) in [6.45, 7) is 0. The summed E-state index contributed by atoms with van der Waals surface area (Å²) in [5.41, 5.74) is 0. The predicted octanol–water partition coefficient (Wildman–Crippen LogP) is 2.91. The average molecular weight is 156 g/mol. The molecule has 0 aromatic heterocycles. The van der Waals surface area contributed by atoms with Crippen molar-refractivity contribution in [3.63, 3.8) is 0 Å². The summed E-state index contributed by atoms with van der Waals surface area (Å²) in [6, 6.07) is 0. The van der Waals surface area contributed by atoms with Crippen LogP contribution < -0.4 is 0 Å². The Balaban J connectivity index is 2.19. The minimum Gasteiger partial charge on any atom is -0.481 e. The highest BCUT2D eigenvalue weighted by Crippen LogP contribution is 2.26. The van der Waals surface area contributed by atoms with E-state index in [0.29, 0.717) is 5.92 Å². The molecule has 1 aliphatic rings. The Kier molecular flexibility index (Phi) is 3.27. The summed E-state index contributed by atoms with van der Waals surface area (Å²) in [6.07, 6.45) is 8.83. The molecule has 0 heterocycles. The Hall–Kier alpha value is -0.660. The second-order valence-electron chi connectivity index (χ2n) is 3.30. The smallest absolute Gasteiger partial charge is 0.269 e. The van der Waals surface area contributed by atoms with E-state index in [1.807, 2.05) is 0 Å². The molecule has 1 aliphatic carbocycles. The maximum absolute atomic E-state index is 8.50. The van der Waals surface area contributed by atoms with Crippen molar-refractivity contribution in [3.05, 3.63) is 12.0 Å². The lowest BCUT2D eigenvalue weighted by Gasteiger charge is -2.19. The maximum atomic E-state index is 8.50. The summed E-state index contributed by atoms with van der Waals surface area (Å²) >= 11 is 0. The largest absolute Gasteiger partial charge is 0.481 e. The quantitative estimate of drug-likeness (QED) is 0.603. The van der Waals surface area contributed by atoms with Crippen LogP contribution in [0.15, 0.2) is 12.0 Å². The molecule has 0 aliphatic heterocycles. The second kappa shape index (κ2) is 4.27. The van der Waals surface area contributed by atoms with E-state index >= 15 is 0 Å². The van der Waals surface area contributed by atoms with Crippen molar-refractivity contribution < 1.29 is 10.2 Å². The standard InChI is InChI=1S/C9H16O2/c10-9(11)7-6-8-4-2-1-3-5-8/h7-8,10-11H,1-6H2. The zero-order valence-corrected chi connectivity index (χ0v) is 6.79. The molecule has 2 heteroatoms. The molecule has 2 nitrogen and oxygen atoms in total. The summed E-state index contributed by atoms with van der Waals surface area (Å²) in [7, 11) is 0. The van der Waals surface area contributed by atoms with E-state index in [1.54, 1.807) is 0 Å². The summed E-state index contributed by atoms with van der Waals surface area (Å²) in [5.74, 6) is 0.175. The molecule has 1 rings (SSSR count). The van der Waals surface area contributed by atoms with Gasteiger partial charge in [-0.15, -0.1) is 0 Å². The Morgan fingerprint density at radius 2 is 1.82 bits per heavy atom. The van der Waals surface area contributed by atoms with Crippen molar-refractivity contribution in [3.8, 4) is 0 Å². The maximum Gasteiger partial charge on any atom is 0.269 e. The van der Waals surface area contributed by atoms with Crippen molar-refractivity contribution in [2.24, 2.45) is 5.92 Å². The van der Waals surface area contributed by atoms with Gasteiger partial charge >= 0.3 is 0 Å². The fraction of sp³-hybridized carbons (Fsp3) is 0.778. The van der Waals surface area contributed by atoms with Gasteiger partial charge in [-0.3, -0.25) is 0 Å². The Labute approximate surface area is 67.6 Å². The first-order valence-corrected chi connectivity index (χ1v) is 4.37. The van der Waals surface area contributed by atoms with Gasteiger partial charge < -0.3 is 10.2 Å². The molecular formula is C9H16O2. The highest BCUT2D eigenvalue weighted by atomic mass is 16.5. The highest BCUT2D eigenvalue weighted by molar-refractivity contribution is 4.83. The van der Waals surface area contributed by atoms with Crippen molar-refractivity contribution in [1.29, 1.82) is 0 Å². The number of aliphatic hydroxyl groups is 2. The normalized spacial score (nSPS) is 19.6. The summed E-state index contributed by atoms with van der Waals surface area (Å²) < 4.78 is 0. The van der Waals surface area contributed by atoms with Gasteiger partial charge in [-0.1, -0.05) is 32.1 Å². The van der Waals surface area contributed by atoms with Gasteiger partial charge in [-0.25, -0.2) is 0 Å². The molecule has 11 heavy (non-hydrogen) atoms. The molecule has 0 bridgehead atoms. The molecular weight excluding hydrogens is 140 g/mol. The lowest BCUT2D eigenvalue weighted by molar-refractivity contribution is 0.187. The molecule has 0 saturated heterocycles. The zero-order chi connectivity index (χ0) is 8.10. The van der Waals surface area contributed by atoms with Gasteiger partial charge in [-0.2, -0.15) is 0 Å². The van der Waals surface area contributed by atoms with E-state index in [2.05, 4.69) is 0 Å². The topological polar surface area (TPSA) is 40.5 Å². The van der Waals surface area contributed by atoms with E-state index in [9.17, 15) is 0 Å². The van der Waals surface area contributed by atoms with Crippen LogP contribution in [0.25, 0.3) is 0 Å². The van der Waals surface area contributed by atoms with E-state index in [0.717, 1.165) is 6.42 Å². The average Bonchev–Trinajstić information content (AvgIpc) is 2.03. The fourth-order valence-electron chi connectivity index (χ4n) is 1.69. The van der Waals surface area contributed by atoms with Crippen LogP contribution in [0.1, 0.15) is 38.5 Å². The highest BCUT2D eigenvalue weighted by Gasteiger charge is 2.11. The van der Waals surface area contributed by atoms with Crippen molar-refractivity contribution in [2.45, 2.75) is 38.5 Å². The lowest BCUT2D eigenvalue weighted by atomic mass is 9.87.